The molecular weight excluding hydrogens is 492 g/mol. The van der Waals surface area contributed by atoms with E-state index in [1.54, 1.807) is 68.5 Å². The van der Waals surface area contributed by atoms with Crippen LogP contribution in [0, 0.1) is 0 Å². The topological polar surface area (TPSA) is 107 Å². The number of aliphatic carboxylic acids is 1. The van der Waals surface area contributed by atoms with Crippen molar-refractivity contribution < 1.29 is 24.2 Å². The fourth-order valence-corrected chi connectivity index (χ4v) is 4.88. The molecule has 3 aromatic rings. The number of nitrogens with zero attached hydrogens (tertiary/aromatic N) is 2. The summed E-state index contributed by atoms with van der Waals surface area (Å²) in [6, 6.07) is 13.0. The Morgan fingerprint density at radius 3 is 2.49 bits per heavy atom. The number of ether oxygens (including phenoxy) is 2. The number of aromatic nitrogens is 1. The van der Waals surface area contributed by atoms with Crippen LogP contribution < -0.4 is 19.6 Å². The van der Waals surface area contributed by atoms with Gasteiger partial charge in [0.25, 0.3) is 5.56 Å². The molecule has 1 N–H and O–H groups in total. The van der Waals surface area contributed by atoms with Crippen LogP contribution in [-0.4, -0.2) is 34.8 Å². The molecule has 1 aliphatic heterocycles. The summed E-state index contributed by atoms with van der Waals surface area (Å²) in [6.45, 7) is 3.20. The van der Waals surface area contributed by atoms with Crippen LogP contribution in [0.2, 0.25) is 5.02 Å². The molecule has 2 aromatic carbocycles. The van der Waals surface area contributed by atoms with Crippen molar-refractivity contribution >= 4 is 41.0 Å². The van der Waals surface area contributed by atoms with Crippen molar-refractivity contribution in [2.75, 3.05) is 13.2 Å². The highest BCUT2D eigenvalue weighted by molar-refractivity contribution is 7.07. The summed E-state index contributed by atoms with van der Waals surface area (Å²) in [4.78, 5) is 42.1. The maximum Gasteiger partial charge on any atom is 0.341 e. The van der Waals surface area contributed by atoms with Gasteiger partial charge in [0.05, 0.1) is 28.5 Å². The number of allylic oxidation sites excluding steroid dienone is 1. The van der Waals surface area contributed by atoms with Gasteiger partial charge in [-0.1, -0.05) is 47.2 Å². The Labute approximate surface area is 209 Å². The average Bonchev–Trinajstić information content (AvgIpc) is 3.12. The average molecular weight is 513 g/mol. The molecule has 0 radical (unpaired) electrons. The molecule has 0 fully saturated rings. The monoisotopic (exact) mass is 512 g/mol. The standard InChI is InChI=1S/C25H21ClN2O6S/c1-3-33-24(32)21-14(2)27-25-28(22(21)16-6-8-17(26)9-7-16)23(31)19(35-25)12-15-4-10-18(11-5-15)34-13-20(29)30/h4-12,22H,3,13H2,1-2H3,(H,29,30)/b19-12-. The summed E-state index contributed by atoms with van der Waals surface area (Å²) in [6.07, 6.45) is 1.72. The molecule has 10 heteroatoms. The molecule has 1 aliphatic rings. The number of esters is 1. The van der Waals surface area contributed by atoms with Gasteiger partial charge in [0.2, 0.25) is 0 Å². The van der Waals surface area contributed by atoms with Crippen molar-refractivity contribution in [3.63, 3.8) is 0 Å². The first-order chi connectivity index (χ1) is 16.8. The van der Waals surface area contributed by atoms with Gasteiger partial charge in [-0.25, -0.2) is 14.6 Å². The zero-order valence-corrected chi connectivity index (χ0v) is 20.4. The van der Waals surface area contributed by atoms with Crippen LogP contribution in [0.4, 0.5) is 0 Å². The molecular formula is C25H21ClN2O6S. The number of carboxylic acids is 1. The third kappa shape index (κ3) is 5.21. The molecule has 8 nitrogen and oxygen atoms in total. The Balaban J connectivity index is 1.81. The van der Waals surface area contributed by atoms with Crippen LogP contribution in [0.15, 0.2) is 69.6 Å². The summed E-state index contributed by atoms with van der Waals surface area (Å²) < 4.78 is 12.4. The lowest BCUT2D eigenvalue weighted by molar-refractivity contribution is -0.140. The molecule has 0 saturated heterocycles. The van der Waals surface area contributed by atoms with Gasteiger partial charge in [0.1, 0.15) is 5.75 Å². The lowest BCUT2D eigenvalue weighted by Crippen LogP contribution is -2.39. The summed E-state index contributed by atoms with van der Waals surface area (Å²) in [5.74, 6) is -1.19. The third-order valence-electron chi connectivity index (χ3n) is 5.24. The Morgan fingerprint density at radius 1 is 1.17 bits per heavy atom. The van der Waals surface area contributed by atoms with E-state index in [0.717, 1.165) is 5.56 Å². The molecule has 180 valence electrons. The number of fused-ring (bicyclic) bond motifs is 1. The van der Waals surface area contributed by atoms with Gasteiger partial charge in [-0.3, -0.25) is 9.36 Å². The summed E-state index contributed by atoms with van der Waals surface area (Å²) in [7, 11) is 0. The first-order valence-electron chi connectivity index (χ1n) is 10.7. The van der Waals surface area contributed by atoms with E-state index in [1.807, 2.05) is 0 Å². The molecule has 0 amide bonds. The normalized spacial score (nSPS) is 15.4. The Morgan fingerprint density at radius 2 is 1.86 bits per heavy atom. The van der Waals surface area contributed by atoms with Crippen molar-refractivity contribution in [3.05, 3.63) is 95.6 Å². The van der Waals surface area contributed by atoms with Crippen molar-refractivity contribution in [2.45, 2.75) is 19.9 Å². The van der Waals surface area contributed by atoms with Crippen molar-refractivity contribution in [1.82, 2.24) is 4.57 Å². The molecule has 0 bridgehead atoms. The van der Waals surface area contributed by atoms with Crippen LogP contribution >= 0.6 is 22.9 Å². The van der Waals surface area contributed by atoms with E-state index < -0.39 is 24.6 Å². The van der Waals surface area contributed by atoms with E-state index in [9.17, 15) is 14.4 Å². The highest BCUT2D eigenvalue weighted by Gasteiger charge is 2.33. The number of rotatable bonds is 7. The Kier molecular flexibility index (Phi) is 7.18. The number of benzene rings is 2. The van der Waals surface area contributed by atoms with Crippen LogP contribution in [-0.2, 0) is 14.3 Å². The lowest BCUT2D eigenvalue weighted by atomic mass is 9.96. The van der Waals surface area contributed by atoms with Gasteiger partial charge in [0, 0.05) is 5.02 Å². The summed E-state index contributed by atoms with van der Waals surface area (Å²) in [5, 5.41) is 9.28. The van der Waals surface area contributed by atoms with Crippen LogP contribution in [0.5, 0.6) is 5.75 Å². The molecule has 1 aromatic heterocycles. The molecule has 1 unspecified atom stereocenters. The Bertz CT molecular complexity index is 1490. The van der Waals surface area contributed by atoms with Crippen LogP contribution in [0.1, 0.15) is 31.0 Å². The molecule has 35 heavy (non-hydrogen) atoms. The molecule has 0 saturated carbocycles. The summed E-state index contributed by atoms with van der Waals surface area (Å²) >= 11 is 7.28. The minimum atomic E-state index is -1.07. The fraction of sp³-hybridized carbons (Fsp3) is 0.200. The highest BCUT2D eigenvalue weighted by atomic mass is 35.5. The van der Waals surface area contributed by atoms with E-state index in [4.69, 9.17) is 26.2 Å². The molecule has 1 atom stereocenters. The largest absolute Gasteiger partial charge is 0.482 e. The number of hydrogen-bond acceptors (Lipinski definition) is 7. The van der Waals surface area contributed by atoms with Crippen molar-refractivity contribution in [2.24, 2.45) is 4.99 Å². The quantitative estimate of drug-likeness (QED) is 0.488. The zero-order valence-electron chi connectivity index (χ0n) is 18.9. The van der Waals surface area contributed by atoms with Gasteiger partial charge < -0.3 is 14.6 Å². The minimum absolute atomic E-state index is 0.194. The number of thiazole rings is 1. The second-order valence-corrected chi connectivity index (χ2v) is 9.05. The van der Waals surface area contributed by atoms with E-state index in [2.05, 4.69) is 4.99 Å². The van der Waals surface area contributed by atoms with E-state index in [-0.39, 0.29) is 12.2 Å². The SMILES string of the molecule is CCOC(=O)C1=C(C)N=c2s/c(=C\c3ccc(OCC(=O)O)cc3)c(=O)n2C1c1ccc(Cl)cc1. The van der Waals surface area contributed by atoms with E-state index >= 15 is 0 Å². The van der Waals surface area contributed by atoms with Crippen molar-refractivity contribution in [1.29, 1.82) is 0 Å². The number of carboxylic acid groups (broad SMARTS) is 1. The number of carbonyl (C=O) groups excluding carboxylic acids is 1. The van der Waals surface area contributed by atoms with Gasteiger partial charge >= 0.3 is 11.9 Å². The molecule has 0 aliphatic carbocycles. The lowest BCUT2D eigenvalue weighted by Gasteiger charge is -2.24. The van der Waals surface area contributed by atoms with E-state index in [1.165, 1.54) is 15.9 Å². The second-order valence-electron chi connectivity index (χ2n) is 7.61. The Hall–Kier alpha value is -3.69. The van der Waals surface area contributed by atoms with Crippen molar-refractivity contribution in [3.8, 4) is 5.75 Å². The predicted octanol–water partition coefficient (Wildman–Crippen LogP) is 2.92. The smallest absolute Gasteiger partial charge is 0.341 e. The fourth-order valence-electron chi connectivity index (χ4n) is 3.71. The first-order valence-corrected chi connectivity index (χ1v) is 11.9. The number of hydrogen-bond donors (Lipinski definition) is 1. The minimum Gasteiger partial charge on any atom is -0.482 e. The number of carbonyl (C=O) groups is 2. The first kappa shape index (κ1) is 24.4. The van der Waals surface area contributed by atoms with Crippen LogP contribution in [0.3, 0.4) is 0 Å². The third-order valence-corrected chi connectivity index (χ3v) is 6.48. The van der Waals surface area contributed by atoms with E-state index in [0.29, 0.717) is 36.9 Å². The second kappa shape index (κ2) is 10.3. The maximum absolute atomic E-state index is 13.5. The van der Waals surface area contributed by atoms with Gasteiger partial charge in [-0.2, -0.15) is 0 Å². The number of halogens is 1. The molecule has 2 heterocycles. The predicted molar refractivity (Wildman–Crippen MR) is 131 cm³/mol. The zero-order chi connectivity index (χ0) is 25.1. The highest BCUT2D eigenvalue weighted by Crippen LogP contribution is 2.31. The van der Waals surface area contributed by atoms with Gasteiger partial charge in [-0.05, 0) is 55.3 Å². The molecule has 0 spiro atoms. The van der Waals surface area contributed by atoms with Gasteiger partial charge in [0.15, 0.2) is 11.4 Å². The van der Waals surface area contributed by atoms with Crippen LogP contribution in [0.25, 0.3) is 6.08 Å². The maximum atomic E-state index is 13.5. The van der Waals surface area contributed by atoms with Gasteiger partial charge in [-0.15, -0.1) is 0 Å². The summed E-state index contributed by atoms with van der Waals surface area (Å²) in [5.41, 5.74) is 1.92. The molecule has 4 rings (SSSR count).